The lowest BCUT2D eigenvalue weighted by Crippen LogP contribution is -2.52. The highest BCUT2D eigenvalue weighted by atomic mass is 16.5. The van der Waals surface area contributed by atoms with Crippen LogP contribution in [0.3, 0.4) is 0 Å². The Kier molecular flexibility index (Phi) is 4.83. The monoisotopic (exact) mass is 334 g/mol. The molecule has 1 heterocycles. The van der Waals surface area contributed by atoms with Crippen LogP contribution in [0.1, 0.15) is 5.56 Å². The van der Waals surface area contributed by atoms with Crippen molar-refractivity contribution in [2.24, 2.45) is 0 Å². The molecule has 9 nitrogen and oxygen atoms in total. The molecule has 1 fully saturated rings. The van der Waals surface area contributed by atoms with Gasteiger partial charge in [0, 0.05) is 7.05 Å². The van der Waals surface area contributed by atoms with Crippen LogP contribution in [-0.2, 0) is 14.4 Å². The number of urea groups is 1. The van der Waals surface area contributed by atoms with Gasteiger partial charge in [0.2, 0.25) is 0 Å². The Morgan fingerprint density at radius 2 is 2.00 bits per heavy atom. The number of ether oxygens (including phenoxy) is 2. The smallest absolute Gasteiger partial charge is 0.341 e. The summed E-state index contributed by atoms with van der Waals surface area (Å²) in [6.07, 6.45) is 1.30. The Balaban J connectivity index is 2.32. The van der Waals surface area contributed by atoms with Crippen LogP contribution in [0.4, 0.5) is 4.79 Å². The van der Waals surface area contributed by atoms with E-state index < -0.39 is 30.4 Å². The van der Waals surface area contributed by atoms with Gasteiger partial charge in [-0.2, -0.15) is 0 Å². The van der Waals surface area contributed by atoms with Gasteiger partial charge in [-0.3, -0.25) is 19.8 Å². The first-order chi connectivity index (χ1) is 11.3. The number of nitrogens with one attached hydrogen (secondary N) is 1. The number of carbonyl (C=O) groups excluding carboxylic acids is 3. The number of hydrogen-bond acceptors (Lipinski definition) is 6. The summed E-state index contributed by atoms with van der Waals surface area (Å²) in [5, 5.41) is 10.7. The molecular formula is C15H14N2O7. The Bertz CT molecular complexity index is 754. The average Bonchev–Trinajstić information content (AvgIpc) is 2.55. The van der Waals surface area contributed by atoms with Crippen molar-refractivity contribution < 1.29 is 33.8 Å². The van der Waals surface area contributed by atoms with Gasteiger partial charge < -0.3 is 14.6 Å². The number of amides is 4. The number of nitrogens with zero attached hydrogens (tertiary/aromatic N) is 1. The van der Waals surface area contributed by atoms with Crippen LogP contribution >= 0.6 is 0 Å². The van der Waals surface area contributed by atoms with E-state index >= 15 is 0 Å². The number of hydrogen-bond donors (Lipinski definition) is 2. The molecule has 1 aromatic rings. The number of rotatable bonds is 5. The van der Waals surface area contributed by atoms with Crippen LogP contribution in [0.15, 0.2) is 23.8 Å². The molecule has 0 unspecified atom stereocenters. The topological polar surface area (TPSA) is 122 Å². The van der Waals surface area contributed by atoms with Crippen molar-refractivity contribution in [3.8, 4) is 11.5 Å². The third-order valence-corrected chi connectivity index (χ3v) is 3.15. The van der Waals surface area contributed by atoms with Gasteiger partial charge in [-0.25, -0.2) is 9.59 Å². The summed E-state index contributed by atoms with van der Waals surface area (Å²) in [4.78, 5) is 46.5. The highest BCUT2D eigenvalue weighted by molar-refractivity contribution is 6.30. The number of likely N-dealkylation sites (N-methyl/N-ethyl adjacent to an activating group) is 1. The first-order valence-electron chi connectivity index (χ1n) is 6.71. The van der Waals surface area contributed by atoms with Gasteiger partial charge in [0.25, 0.3) is 11.8 Å². The van der Waals surface area contributed by atoms with Crippen LogP contribution in [0.25, 0.3) is 6.08 Å². The summed E-state index contributed by atoms with van der Waals surface area (Å²) in [6, 6.07) is 3.65. The molecule has 0 saturated carbocycles. The lowest BCUT2D eigenvalue weighted by atomic mass is 10.1. The second-order valence-corrected chi connectivity index (χ2v) is 4.77. The van der Waals surface area contributed by atoms with Crippen molar-refractivity contribution in [1.29, 1.82) is 0 Å². The summed E-state index contributed by atoms with van der Waals surface area (Å²) < 4.78 is 10.2. The van der Waals surface area contributed by atoms with E-state index in [-0.39, 0.29) is 17.1 Å². The maximum absolute atomic E-state index is 12.0. The quantitative estimate of drug-likeness (QED) is 0.584. The standard InChI is InChI=1S/C15H14N2O7/c1-17-14(21)9(13(20)16-15(17)22)5-8-3-4-10(11(6-8)23-2)24-7-12(18)19/h3-6H,7H2,1-2H3,(H,18,19)(H,16,20,22). The molecule has 2 N–H and O–H groups in total. The first-order valence-corrected chi connectivity index (χ1v) is 6.71. The molecule has 4 amide bonds. The van der Waals surface area contributed by atoms with E-state index in [1.165, 1.54) is 38.4 Å². The van der Waals surface area contributed by atoms with Gasteiger partial charge in [-0.1, -0.05) is 6.07 Å². The van der Waals surface area contributed by atoms with Crippen molar-refractivity contribution >= 4 is 29.9 Å². The predicted octanol–water partition coefficient (Wildman–Crippen LogP) is 0.250. The number of barbiturate groups is 1. The largest absolute Gasteiger partial charge is 0.493 e. The number of carboxylic acids is 1. The van der Waals surface area contributed by atoms with Crippen molar-refractivity contribution in [3.63, 3.8) is 0 Å². The summed E-state index contributed by atoms with van der Waals surface area (Å²) in [5.41, 5.74) is 0.231. The Morgan fingerprint density at radius 3 is 2.62 bits per heavy atom. The molecule has 126 valence electrons. The second-order valence-electron chi connectivity index (χ2n) is 4.77. The minimum atomic E-state index is -1.14. The predicted molar refractivity (Wildman–Crippen MR) is 80.4 cm³/mol. The summed E-state index contributed by atoms with van der Waals surface area (Å²) in [6.45, 7) is -0.537. The molecule has 1 aromatic carbocycles. The molecule has 24 heavy (non-hydrogen) atoms. The first kappa shape index (κ1) is 17.0. The zero-order valence-electron chi connectivity index (χ0n) is 12.9. The fourth-order valence-electron chi connectivity index (χ4n) is 1.94. The van der Waals surface area contributed by atoms with E-state index in [1.807, 2.05) is 5.32 Å². The highest BCUT2D eigenvalue weighted by Crippen LogP contribution is 2.29. The SMILES string of the molecule is COc1cc(C=C2C(=O)NC(=O)N(C)C2=O)ccc1OCC(=O)O. The van der Waals surface area contributed by atoms with E-state index in [2.05, 4.69) is 0 Å². The zero-order valence-corrected chi connectivity index (χ0v) is 12.9. The van der Waals surface area contributed by atoms with Crippen LogP contribution in [0, 0.1) is 0 Å². The second kappa shape index (κ2) is 6.82. The highest BCUT2D eigenvalue weighted by Gasteiger charge is 2.33. The maximum atomic E-state index is 12.0. The van der Waals surface area contributed by atoms with Gasteiger partial charge >= 0.3 is 12.0 Å². The van der Waals surface area contributed by atoms with E-state index in [0.717, 1.165) is 4.90 Å². The molecule has 0 atom stereocenters. The number of benzene rings is 1. The molecule has 0 radical (unpaired) electrons. The van der Waals surface area contributed by atoms with Gasteiger partial charge in [0.15, 0.2) is 18.1 Å². The van der Waals surface area contributed by atoms with Gasteiger partial charge in [-0.15, -0.1) is 0 Å². The Hall–Kier alpha value is -3.36. The van der Waals surface area contributed by atoms with Crippen molar-refractivity contribution in [2.75, 3.05) is 20.8 Å². The molecule has 9 heteroatoms. The summed E-state index contributed by atoms with van der Waals surface area (Å²) >= 11 is 0. The number of carboxylic acid groups (broad SMARTS) is 1. The molecular weight excluding hydrogens is 320 g/mol. The molecule has 2 rings (SSSR count). The molecule has 1 saturated heterocycles. The fourth-order valence-corrected chi connectivity index (χ4v) is 1.94. The third-order valence-electron chi connectivity index (χ3n) is 3.15. The molecule has 0 aliphatic carbocycles. The molecule has 0 aromatic heterocycles. The number of imide groups is 2. The molecule has 1 aliphatic heterocycles. The van der Waals surface area contributed by atoms with Gasteiger partial charge in [0.05, 0.1) is 7.11 Å². The van der Waals surface area contributed by atoms with Crippen LogP contribution in [0.5, 0.6) is 11.5 Å². The van der Waals surface area contributed by atoms with E-state index in [9.17, 15) is 19.2 Å². The maximum Gasteiger partial charge on any atom is 0.341 e. The lowest BCUT2D eigenvalue weighted by Gasteiger charge is -2.22. The average molecular weight is 334 g/mol. The van der Waals surface area contributed by atoms with Crippen LogP contribution < -0.4 is 14.8 Å². The molecule has 0 bridgehead atoms. The van der Waals surface area contributed by atoms with Gasteiger partial charge in [0.1, 0.15) is 5.57 Å². The van der Waals surface area contributed by atoms with Gasteiger partial charge in [-0.05, 0) is 23.8 Å². The number of aliphatic carboxylic acids is 1. The van der Waals surface area contributed by atoms with Crippen LogP contribution in [-0.4, -0.2) is 54.6 Å². The number of carbonyl (C=O) groups is 4. The molecule has 0 spiro atoms. The van der Waals surface area contributed by atoms with Crippen LogP contribution in [0.2, 0.25) is 0 Å². The van der Waals surface area contributed by atoms with Crippen molar-refractivity contribution in [2.45, 2.75) is 0 Å². The fraction of sp³-hybridized carbons (Fsp3) is 0.200. The van der Waals surface area contributed by atoms with E-state index in [1.54, 1.807) is 0 Å². The summed E-state index contributed by atoms with van der Waals surface area (Å²) in [5.74, 6) is -2.23. The summed E-state index contributed by atoms with van der Waals surface area (Å²) in [7, 11) is 2.62. The minimum Gasteiger partial charge on any atom is -0.493 e. The minimum absolute atomic E-state index is 0.203. The lowest BCUT2D eigenvalue weighted by molar-refractivity contribution is -0.139. The third kappa shape index (κ3) is 3.51. The normalized spacial score (nSPS) is 16.2. The Morgan fingerprint density at radius 1 is 1.29 bits per heavy atom. The number of methoxy groups -OCH3 is 1. The van der Waals surface area contributed by atoms with E-state index in [0.29, 0.717) is 5.56 Å². The molecule has 1 aliphatic rings. The van der Waals surface area contributed by atoms with Crippen molar-refractivity contribution in [3.05, 3.63) is 29.3 Å². The van der Waals surface area contributed by atoms with E-state index in [4.69, 9.17) is 14.6 Å². The van der Waals surface area contributed by atoms with Crippen molar-refractivity contribution in [1.82, 2.24) is 10.2 Å². The Labute approximate surface area is 136 Å². The zero-order chi connectivity index (χ0) is 17.9.